The molecule has 0 saturated carbocycles. The van der Waals surface area contributed by atoms with E-state index >= 15 is 0 Å². The molecule has 0 amide bonds. The summed E-state index contributed by atoms with van der Waals surface area (Å²) in [5, 5.41) is 3.44. The molecule has 1 aliphatic heterocycles. The first-order valence-corrected chi connectivity index (χ1v) is 7.93. The smallest absolute Gasteiger partial charge is 0.193 e. The molecule has 0 bridgehead atoms. The fraction of sp³-hybridized carbons (Fsp3) is 0.588. The van der Waals surface area contributed by atoms with E-state index in [2.05, 4.69) is 22.1 Å². The summed E-state index contributed by atoms with van der Waals surface area (Å²) in [6.07, 6.45) is 3.49. The Labute approximate surface area is 151 Å². The van der Waals surface area contributed by atoms with Crippen molar-refractivity contribution in [1.82, 2.24) is 10.2 Å². The van der Waals surface area contributed by atoms with Crippen LogP contribution in [-0.2, 0) is 0 Å². The molecule has 5 heteroatoms. The van der Waals surface area contributed by atoms with Crippen molar-refractivity contribution in [3.8, 4) is 5.75 Å². The van der Waals surface area contributed by atoms with Gasteiger partial charge in [0, 0.05) is 26.7 Å². The van der Waals surface area contributed by atoms with Crippen LogP contribution in [0.2, 0.25) is 0 Å². The number of halogens is 1. The molecule has 0 unspecified atom stereocenters. The number of aliphatic imine (C=N–C) groups is 1. The fourth-order valence-electron chi connectivity index (χ4n) is 2.53. The Kier molecular flexibility index (Phi) is 9.27. The molecule has 1 aliphatic rings. The van der Waals surface area contributed by atoms with Gasteiger partial charge in [0.05, 0.1) is 6.61 Å². The summed E-state index contributed by atoms with van der Waals surface area (Å²) >= 11 is 0. The average Bonchev–Trinajstić information content (AvgIpc) is 2.53. The molecule has 1 aromatic rings. The van der Waals surface area contributed by atoms with Crippen molar-refractivity contribution in [2.75, 3.05) is 33.3 Å². The summed E-state index contributed by atoms with van der Waals surface area (Å²) < 4.78 is 5.69. The Hall–Kier alpha value is -0.980. The largest absolute Gasteiger partial charge is 0.494 e. The van der Waals surface area contributed by atoms with Crippen LogP contribution in [0.3, 0.4) is 0 Å². The number of hydrogen-bond acceptors (Lipinski definition) is 2. The highest BCUT2D eigenvalue weighted by molar-refractivity contribution is 14.0. The number of hydrogen-bond donors (Lipinski definition) is 1. The third-order valence-corrected chi connectivity index (χ3v) is 3.91. The predicted octanol–water partition coefficient (Wildman–Crippen LogP) is 3.38. The van der Waals surface area contributed by atoms with E-state index in [9.17, 15) is 0 Å². The molecule has 4 nitrogen and oxygen atoms in total. The zero-order valence-corrected chi connectivity index (χ0v) is 16.0. The molecule has 1 aromatic carbocycles. The number of rotatable bonds is 5. The van der Waals surface area contributed by atoms with Gasteiger partial charge in [-0.05, 0) is 37.3 Å². The number of nitrogens with one attached hydrogen (secondary N) is 1. The second-order valence-corrected chi connectivity index (χ2v) is 5.66. The first-order chi connectivity index (χ1) is 10.3. The molecule has 1 fully saturated rings. The molecule has 1 N–H and O–H groups in total. The van der Waals surface area contributed by atoms with Gasteiger partial charge in [0.15, 0.2) is 5.96 Å². The minimum atomic E-state index is 0. The summed E-state index contributed by atoms with van der Waals surface area (Å²) in [7, 11) is 1.86. The van der Waals surface area contributed by atoms with Gasteiger partial charge in [-0.25, -0.2) is 0 Å². The second-order valence-electron chi connectivity index (χ2n) is 5.66. The maximum absolute atomic E-state index is 5.69. The molecular weight excluding hydrogens is 389 g/mol. The summed E-state index contributed by atoms with van der Waals surface area (Å²) in [5.41, 5.74) is 0. The van der Waals surface area contributed by atoms with Gasteiger partial charge in [-0.2, -0.15) is 0 Å². The van der Waals surface area contributed by atoms with Gasteiger partial charge in [-0.15, -0.1) is 24.0 Å². The van der Waals surface area contributed by atoms with Gasteiger partial charge in [0.2, 0.25) is 0 Å². The normalized spacial score (nSPS) is 16.1. The molecule has 124 valence electrons. The van der Waals surface area contributed by atoms with Gasteiger partial charge >= 0.3 is 0 Å². The molecule has 2 rings (SSSR count). The maximum Gasteiger partial charge on any atom is 0.193 e. The number of ether oxygens (including phenoxy) is 1. The Morgan fingerprint density at radius 1 is 1.27 bits per heavy atom. The summed E-state index contributed by atoms with van der Waals surface area (Å²) in [6, 6.07) is 9.96. The molecule has 0 radical (unpaired) electrons. The van der Waals surface area contributed by atoms with Crippen LogP contribution in [0.15, 0.2) is 35.3 Å². The van der Waals surface area contributed by atoms with Gasteiger partial charge in [0.25, 0.3) is 0 Å². The molecule has 0 aromatic heterocycles. The fourth-order valence-corrected chi connectivity index (χ4v) is 2.53. The standard InChI is InChI=1S/C17H27N3O.HI/c1-15-9-12-20(13-10-15)17(18-2)19-11-6-14-21-16-7-4-3-5-8-16;/h3-5,7-8,15H,6,9-14H2,1-2H3,(H,18,19);1H. The maximum atomic E-state index is 5.69. The van der Waals surface area contributed by atoms with Crippen LogP contribution in [0.1, 0.15) is 26.2 Å². The Morgan fingerprint density at radius 3 is 2.59 bits per heavy atom. The predicted molar refractivity (Wildman–Crippen MR) is 103 cm³/mol. The van der Waals surface area contributed by atoms with Crippen molar-refractivity contribution >= 4 is 29.9 Å². The van der Waals surface area contributed by atoms with E-state index in [0.29, 0.717) is 0 Å². The van der Waals surface area contributed by atoms with Crippen LogP contribution in [0.4, 0.5) is 0 Å². The topological polar surface area (TPSA) is 36.9 Å². The SMILES string of the molecule is CN=C(NCCCOc1ccccc1)N1CCC(C)CC1.I. The van der Waals surface area contributed by atoms with E-state index in [1.165, 1.54) is 12.8 Å². The molecule has 0 aliphatic carbocycles. The van der Waals surface area contributed by atoms with Crippen molar-refractivity contribution in [2.45, 2.75) is 26.2 Å². The van der Waals surface area contributed by atoms with Crippen molar-refractivity contribution in [2.24, 2.45) is 10.9 Å². The van der Waals surface area contributed by atoms with Crippen molar-refractivity contribution in [3.05, 3.63) is 30.3 Å². The number of nitrogens with zero attached hydrogens (tertiary/aromatic N) is 2. The highest BCUT2D eigenvalue weighted by atomic mass is 127. The molecule has 0 spiro atoms. The first-order valence-electron chi connectivity index (χ1n) is 7.93. The Balaban J connectivity index is 0.00000242. The van der Waals surface area contributed by atoms with Crippen LogP contribution >= 0.6 is 24.0 Å². The van der Waals surface area contributed by atoms with Crippen LogP contribution < -0.4 is 10.1 Å². The molecule has 0 atom stereocenters. The van der Waals surface area contributed by atoms with Crippen molar-refractivity contribution < 1.29 is 4.74 Å². The van der Waals surface area contributed by atoms with Gasteiger partial charge in [-0.1, -0.05) is 25.1 Å². The highest BCUT2D eigenvalue weighted by Gasteiger charge is 2.18. The highest BCUT2D eigenvalue weighted by Crippen LogP contribution is 2.15. The Morgan fingerprint density at radius 2 is 1.95 bits per heavy atom. The van der Waals surface area contributed by atoms with E-state index in [1.54, 1.807) is 0 Å². The van der Waals surface area contributed by atoms with Crippen molar-refractivity contribution in [3.63, 3.8) is 0 Å². The lowest BCUT2D eigenvalue weighted by atomic mass is 10.00. The van der Waals surface area contributed by atoms with Gasteiger partial charge in [-0.3, -0.25) is 4.99 Å². The van der Waals surface area contributed by atoms with Crippen LogP contribution in [0.25, 0.3) is 0 Å². The van der Waals surface area contributed by atoms with E-state index in [-0.39, 0.29) is 24.0 Å². The van der Waals surface area contributed by atoms with Gasteiger partial charge < -0.3 is 15.0 Å². The number of para-hydroxylation sites is 1. The third kappa shape index (κ3) is 6.42. The lowest BCUT2D eigenvalue weighted by molar-refractivity contribution is 0.271. The van der Waals surface area contributed by atoms with E-state index < -0.39 is 0 Å². The van der Waals surface area contributed by atoms with Crippen LogP contribution in [0, 0.1) is 5.92 Å². The first kappa shape index (κ1) is 19.1. The molecule has 22 heavy (non-hydrogen) atoms. The van der Waals surface area contributed by atoms with Crippen LogP contribution in [-0.4, -0.2) is 44.1 Å². The number of piperidine rings is 1. The summed E-state index contributed by atoms with van der Waals surface area (Å²) in [6.45, 7) is 6.17. The Bertz CT molecular complexity index is 431. The summed E-state index contributed by atoms with van der Waals surface area (Å²) in [4.78, 5) is 6.74. The average molecular weight is 417 g/mol. The molecular formula is C17H28IN3O. The monoisotopic (exact) mass is 417 g/mol. The lowest BCUT2D eigenvalue weighted by Gasteiger charge is -2.32. The molecule has 1 saturated heterocycles. The third-order valence-electron chi connectivity index (χ3n) is 3.91. The zero-order chi connectivity index (χ0) is 14.9. The van der Waals surface area contributed by atoms with Gasteiger partial charge in [0.1, 0.15) is 5.75 Å². The number of guanidine groups is 1. The van der Waals surface area contributed by atoms with E-state index in [0.717, 1.165) is 50.3 Å². The zero-order valence-electron chi connectivity index (χ0n) is 13.6. The molecule has 1 heterocycles. The van der Waals surface area contributed by atoms with Crippen molar-refractivity contribution in [1.29, 1.82) is 0 Å². The van der Waals surface area contributed by atoms with E-state index in [4.69, 9.17) is 4.74 Å². The minimum Gasteiger partial charge on any atom is -0.494 e. The number of benzene rings is 1. The van der Waals surface area contributed by atoms with Crippen LogP contribution in [0.5, 0.6) is 5.75 Å². The summed E-state index contributed by atoms with van der Waals surface area (Å²) in [5.74, 6) is 2.81. The van der Waals surface area contributed by atoms with E-state index in [1.807, 2.05) is 37.4 Å². The minimum absolute atomic E-state index is 0. The quantitative estimate of drug-likeness (QED) is 0.346. The number of likely N-dealkylation sites (tertiary alicyclic amines) is 1. The second kappa shape index (κ2) is 10.7. The lowest BCUT2D eigenvalue weighted by Crippen LogP contribution is -2.45.